The minimum Gasteiger partial charge on any atom is -0.356 e. The third kappa shape index (κ3) is 30.9. The fourth-order valence-electron chi connectivity index (χ4n) is 8.31. The molecule has 50 heavy (non-hydrogen) atoms. The van der Waals surface area contributed by atoms with Crippen molar-refractivity contribution in [2.75, 3.05) is 13.1 Å². The molecular weight excluding hydrogens is 605 g/mol. The number of hydrogen-bond donors (Lipinski definition) is 0. The van der Waals surface area contributed by atoms with Gasteiger partial charge < -0.3 is 9.80 Å². The van der Waals surface area contributed by atoms with E-state index in [9.17, 15) is 0 Å². The summed E-state index contributed by atoms with van der Waals surface area (Å²) in [6.45, 7) is 9.49. The molecule has 0 saturated heterocycles. The minimum absolute atomic E-state index is 0.637. The van der Waals surface area contributed by atoms with E-state index in [2.05, 4.69) is 43.0 Å². The van der Waals surface area contributed by atoms with E-state index in [1.165, 1.54) is 270 Å². The van der Waals surface area contributed by atoms with Crippen molar-refractivity contribution in [2.24, 2.45) is 0 Å². The molecule has 2 nitrogen and oxygen atoms in total. The molecule has 0 aromatic carbocycles. The SMILES string of the molecule is CCCCCCCCCCCCCCCCCC1N(CCCCCCCCCCC)C=CN1CCCCCCCCCCCCCCCCC. The van der Waals surface area contributed by atoms with Crippen molar-refractivity contribution < 1.29 is 0 Å². The number of unbranched alkanes of at least 4 members (excludes halogenated alkanes) is 36. The number of hydrogen-bond acceptors (Lipinski definition) is 2. The molecule has 0 radical (unpaired) electrons. The van der Waals surface area contributed by atoms with Crippen LogP contribution >= 0.6 is 0 Å². The molecule has 1 unspecified atom stereocenters. The second-order valence-corrected chi connectivity index (χ2v) is 16.8. The predicted octanol–water partition coefficient (Wildman–Crippen LogP) is 17.1. The molecule has 0 aromatic heterocycles. The van der Waals surface area contributed by atoms with Gasteiger partial charge in [-0.3, -0.25) is 0 Å². The predicted molar refractivity (Wildman–Crippen MR) is 228 cm³/mol. The van der Waals surface area contributed by atoms with Gasteiger partial charge in [-0.1, -0.05) is 252 Å². The summed E-state index contributed by atoms with van der Waals surface area (Å²) in [4.78, 5) is 5.47. The molecule has 0 bridgehead atoms. The lowest BCUT2D eigenvalue weighted by Crippen LogP contribution is -2.39. The molecule has 1 aliphatic heterocycles. The molecule has 0 saturated carbocycles. The van der Waals surface area contributed by atoms with Crippen LogP contribution in [0.2, 0.25) is 0 Å². The molecule has 0 fully saturated rings. The van der Waals surface area contributed by atoms with E-state index < -0.39 is 0 Å². The summed E-state index contributed by atoms with van der Waals surface area (Å²) in [5.74, 6) is 0. The maximum absolute atomic E-state index is 2.74. The highest BCUT2D eigenvalue weighted by molar-refractivity contribution is 4.97. The van der Waals surface area contributed by atoms with E-state index in [1.807, 2.05) is 0 Å². The molecule has 1 aliphatic rings. The Bertz CT molecular complexity index is 659. The molecule has 2 heteroatoms. The summed E-state index contributed by atoms with van der Waals surface area (Å²) in [5, 5.41) is 0. The number of rotatable bonds is 42. The maximum Gasteiger partial charge on any atom is 0.101 e. The van der Waals surface area contributed by atoms with E-state index in [0.29, 0.717) is 6.17 Å². The van der Waals surface area contributed by atoms with E-state index in [0.717, 1.165) is 0 Å². The van der Waals surface area contributed by atoms with Gasteiger partial charge in [0.2, 0.25) is 0 Å². The van der Waals surface area contributed by atoms with Gasteiger partial charge in [-0.25, -0.2) is 0 Å². The van der Waals surface area contributed by atoms with Crippen LogP contribution < -0.4 is 0 Å². The lowest BCUT2D eigenvalue weighted by molar-refractivity contribution is 0.135. The van der Waals surface area contributed by atoms with Crippen molar-refractivity contribution in [3.8, 4) is 0 Å². The van der Waals surface area contributed by atoms with Gasteiger partial charge in [-0.05, 0) is 25.7 Å². The van der Waals surface area contributed by atoms with Gasteiger partial charge >= 0.3 is 0 Å². The van der Waals surface area contributed by atoms with Gasteiger partial charge in [-0.15, -0.1) is 0 Å². The highest BCUT2D eigenvalue weighted by Gasteiger charge is 2.24. The third-order valence-electron chi connectivity index (χ3n) is 11.8. The highest BCUT2D eigenvalue weighted by atomic mass is 15.4. The molecule has 0 amide bonds. The van der Waals surface area contributed by atoms with E-state index in [1.54, 1.807) is 0 Å². The van der Waals surface area contributed by atoms with Crippen molar-refractivity contribution in [1.82, 2.24) is 9.80 Å². The summed E-state index contributed by atoms with van der Waals surface area (Å²) in [6, 6.07) is 0. The second-order valence-electron chi connectivity index (χ2n) is 16.8. The molecule has 1 atom stereocenters. The standard InChI is InChI=1S/C48H96N2/c1-4-7-10-13-16-19-21-23-25-27-29-31-34-37-40-43-48-49(44-41-38-35-32-18-15-12-9-6-3)46-47-50(48)45-42-39-36-33-30-28-26-24-22-20-17-14-11-8-5-2/h46-48H,4-45H2,1-3H3. The Morgan fingerprint density at radius 3 is 0.700 bits per heavy atom. The van der Waals surface area contributed by atoms with Crippen molar-refractivity contribution >= 4 is 0 Å². The van der Waals surface area contributed by atoms with Crippen LogP contribution in [0.1, 0.15) is 278 Å². The van der Waals surface area contributed by atoms with E-state index >= 15 is 0 Å². The zero-order chi connectivity index (χ0) is 35.8. The van der Waals surface area contributed by atoms with Crippen LogP contribution in [-0.4, -0.2) is 29.1 Å². The van der Waals surface area contributed by atoms with E-state index in [-0.39, 0.29) is 0 Å². The summed E-state index contributed by atoms with van der Waals surface area (Å²) < 4.78 is 0. The quantitative estimate of drug-likeness (QED) is 0.0585. The first kappa shape index (κ1) is 47.4. The lowest BCUT2D eigenvalue weighted by Gasteiger charge is -2.33. The summed E-state index contributed by atoms with van der Waals surface area (Å²) in [5.41, 5.74) is 0. The van der Waals surface area contributed by atoms with Crippen LogP contribution in [0.15, 0.2) is 12.4 Å². The average Bonchev–Trinajstić information content (AvgIpc) is 3.51. The van der Waals surface area contributed by atoms with Gasteiger partial charge in [0.05, 0.1) is 0 Å². The summed E-state index contributed by atoms with van der Waals surface area (Å²) >= 11 is 0. The third-order valence-corrected chi connectivity index (χ3v) is 11.8. The second kappa shape index (κ2) is 39.5. The van der Waals surface area contributed by atoms with Crippen molar-refractivity contribution in [2.45, 2.75) is 284 Å². The monoisotopic (exact) mass is 701 g/mol. The minimum atomic E-state index is 0.637. The number of nitrogens with zero attached hydrogens (tertiary/aromatic N) is 2. The zero-order valence-corrected chi connectivity index (χ0v) is 35.3. The van der Waals surface area contributed by atoms with Gasteiger partial charge in [0.15, 0.2) is 0 Å². The Labute approximate surface area is 318 Å². The normalized spacial score (nSPS) is 14.5. The maximum atomic E-state index is 2.74. The fourth-order valence-corrected chi connectivity index (χ4v) is 8.31. The molecule has 0 aromatic rings. The lowest BCUT2D eigenvalue weighted by atomic mass is 10.0. The van der Waals surface area contributed by atoms with Crippen LogP contribution in [0, 0.1) is 0 Å². The first-order valence-electron chi connectivity index (χ1n) is 24.0. The van der Waals surface area contributed by atoms with Crippen LogP contribution in [0.4, 0.5) is 0 Å². The molecule has 1 rings (SSSR count). The molecule has 0 aliphatic carbocycles. The Kier molecular flexibility index (Phi) is 37.5. The van der Waals surface area contributed by atoms with Gasteiger partial charge in [0, 0.05) is 25.5 Å². The highest BCUT2D eigenvalue weighted by Crippen LogP contribution is 2.24. The Morgan fingerprint density at radius 2 is 0.460 bits per heavy atom. The van der Waals surface area contributed by atoms with Gasteiger partial charge in [0.25, 0.3) is 0 Å². The Balaban J connectivity index is 2.18. The first-order valence-corrected chi connectivity index (χ1v) is 24.0. The summed E-state index contributed by atoms with van der Waals surface area (Å²) in [7, 11) is 0. The van der Waals surface area contributed by atoms with Gasteiger partial charge in [-0.2, -0.15) is 0 Å². The average molecular weight is 701 g/mol. The smallest absolute Gasteiger partial charge is 0.101 e. The molecule has 298 valence electrons. The Hall–Kier alpha value is -0.660. The molecule has 1 heterocycles. The van der Waals surface area contributed by atoms with Crippen LogP contribution in [0.25, 0.3) is 0 Å². The van der Waals surface area contributed by atoms with Crippen molar-refractivity contribution in [1.29, 1.82) is 0 Å². The van der Waals surface area contributed by atoms with Crippen molar-refractivity contribution in [3.63, 3.8) is 0 Å². The molecular formula is C48H96N2. The Morgan fingerprint density at radius 1 is 0.260 bits per heavy atom. The van der Waals surface area contributed by atoms with Crippen molar-refractivity contribution in [3.05, 3.63) is 12.4 Å². The van der Waals surface area contributed by atoms with Gasteiger partial charge in [0.1, 0.15) is 6.17 Å². The fraction of sp³-hybridized carbons (Fsp3) is 0.958. The topological polar surface area (TPSA) is 6.48 Å². The van der Waals surface area contributed by atoms with Crippen LogP contribution in [0.5, 0.6) is 0 Å². The van der Waals surface area contributed by atoms with Crippen LogP contribution in [0.3, 0.4) is 0 Å². The molecule has 0 spiro atoms. The largest absolute Gasteiger partial charge is 0.356 e. The van der Waals surface area contributed by atoms with E-state index in [4.69, 9.17) is 0 Å². The zero-order valence-electron chi connectivity index (χ0n) is 35.3. The molecule has 0 N–H and O–H groups in total. The first-order chi connectivity index (χ1) is 24.8. The summed E-state index contributed by atoms with van der Waals surface area (Å²) in [6.07, 6.45) is 63.4. The van der Waals surface area contributed by atoms with Crippen LogP contribution in [-0.2, 0) is 0 Å².